The van der Waals surface area contributed by atoms with E-state index in [4.69, 9.17) is 4.42 Å². The Morgan fingerprint density at radius 2 is 2.33 bits per heavy atom. The van der Waals surface area contributed by atoms with Crippen molar-refractivity contribution < 1.29 is 9.21 Å². The maximum atomic E-state index is 11.6. The number of alkyl halides is 1. The number of nitrogens with zero attached hydrogens (tertiary/aromatic N) is 1. The zero-order chi connectivity index (χ0) is 10.8. The smallest absolute Gasteiger partial charge is 0.195 e. The number of hydrogen-bond acceptors (Lipinski definition) is 3. The lowest BCUT2D eigenvalue weighted by molar-refractivity contribution is 0.102. The Morgan fingerprint density at radius 1 is 1.53 bits per heavy atom. The minimum Gasteiger partial charge on any atom is -0.440 e. The number of hydrogen-bond donors (Lipinski definition) is 0. The Labute approximate surface area is 95.6 Å². The molecule has 1 aromatic carbocycles. The number of aromatic nitrogens is 1. The second kappa shape index (κ2) is 4.14. The van der Waals surface area contributed by atoms with Gasteiger partial charge in [-0.05, 0) is 12.1 Å². The van der Waals surface area contributed by atoms with Crippen LogP contribution in [0, 0.1) is 0 Å². The monoisotopic (exact) mass is 267 g/mol. The summed E-state index contributed by atoms with van der Waals surface area (Å²) in [5, 5.41) is 0.300. The summed E-state index contributed by atoms with van der Waals surface area (Å²) in [6.07, 6.45) is 0.733. The number of oxazole rings is 1. The van der Waals surface area contributed by atoms with E-state index in [9.17, 15) is 4.79 Å². The third-order valence-electron chi connectivity index (χ3n) is 2.18. The van der Waals surface area contributed by atoms with E-state index in [1.165, 1.54) is 0 Å². The summed E-state index contributed by atoms with van der Waals surface area (Å²) >= 11 is 3.15. The number of para-hydroxylation sites is 1. The minimum atomic E-state index is 0.0133. The first-order valence-corrected chi connectivity index (χ1v) is 5.86. The molecule has 0 aliphatic rings. The molecule has 0 aliphatic heterocycles. The quantitative estimate of drug-likeness (QED) is 0.635. The van der Waals surface area contributed by atoms with Gasteiger partial charge in [-0.3, -0.25) is 4.79 Å². The third-order valence-corrected chi connectivity index (χ3v) is 2.69. The van der Waals surface area contributed by atoms with Crippen LogP contribution in [-0.2, 0) is 6.42 Å². The van der Waals surface area contributed by atoms with Crippen molar-refractivity contribution in [3.63, 3.8) is 0 Å². The first kappa shape index (κ1) is 10.4. The van der Waals surface area contributed by atoms with Crippen LogP contribution in [0.15, 0.2) is 22.6 Å². The molecular formula is C11H10BrNO2. The Balaban J connectivity index is 2.64. The molecule has 1 heterocycles. The molecule has 2 rings (SSSR count). The largest absolute Gasteiger partial charge is 0.440 e. The van der Waals surface area contributed by atoms with Gasteiger partial charge in [-0.2, -0.15) is 0 Å². The van der Waals surface area contributed by atoms with Gasteiger partial charge in [-0.25, -0.2) is 4.98 Å². The summed E-state index contributed by atoms with van der Waals surface area (Å²) in [7, 11) is 0. The Kier molecular flexibility index (Phi) is 2.86. The maximum absolute atomic E-state index is 11.6. The average Bonchev–Trinajstić information content (AvgIpc) is 2.70. The van der Waals surface area contributed by atoms with Gasteiger partial charge >= 0.3 is 0 Å². The number of carbonyl (C=O) groups excluding carboxylic acids is 1. The summed E-state index contributed by atoms with van der Waals surface area (Å²) in [5.74, 6) is 0.680. The molecule has 0 N–H and O–H groups in total. The van der Waals surface area contributed by atoms with Gasteiger partial charge in [0, 0.05) is 6.42 Å². The molecule has 0 amide bonds. The first-order valence-electron chi connectivity index (χ1n) is 4.74. The Morgan fingerprint density at radius 3 is 3.00 bits per heavy atom. The van der Waals surface area contributed by atoms with Crippen LogP contribution in [0.1, 0.15) is 23.2 Å². The third kappa shape index (κ3) is 1.81. The Bertz CT molecular complexity index is 504. The zero-order valence-electron chi connectivity index (χ0n) is 8.29. The van der Waals surface area contributed by atoms with Crippen molar-refractivity contribution in [2.75, 3.05) is 5.33 Å². The number of aryl methyl sites for hydroxylation is 1. The van der Waals surface area contributed by atoms with Crippen molar-refractivity contribution in [2.45, 2.75) is 13.3 Å². The van der Waals surface area contributed by atoms with Gasteiger partial charge < -0.3 is 4.42 Å². The van der Waals surface area contributed by atoms with Crippen LogP contribution in [-0.4, -0.2) is 16.1 Å². The second-order valence-electron chi connectivity index (χ2n) is 3.17. The van der Waals surface area contributed by atoms with E-state index in [-0.39, 0.29) is 5.78 Å². The Hall–Kier alpha value is -1.16. The number of rotatable bonds is 3. The molecule has 0 aliphatic carbocycles. The number of carbonyl (C=O) groups is 1. The highest BCUT2D eigenvalue weighted by Gasteiger charge is 2.13. The number of fused-ring (bicyclic) bond motifs is 1. The molecule has 3 nitrogen and oxygen atoms in total. The zero-order valence-corrected chi connectivity index (χ0v) is 9.87. The molecule has 1 aromatic heterocycles. The van der Waals surface area contributed by atoms with Crippen molar-refractivity contribution in [3.8, 4) is 0 Å². The second-order valence-corrected chi connectivity index (χ2v) is 3.73. The molecule has 2 aromatic rings. The fraction of sp³-hybridized carbons (Fsp3) is 0.273. The SMILES string of the molecule is CCc1nc2cccc(C(=O)CBr)c2o1. The standard InChI is InChI=1S/C11H10BrNO2/c1-2-10-13-8-5-3-4-7(9(14)6-12)11(8)15-10/h3-5H,2,6H2,1H3. The predicted molar refractivity (Wildman–Crippen MR) is 61.5 cm³/mol. The van der Waals surface area contributed by atoms with Gasteiger partial charge in [0.2, 0.25) is 0 Å². The van der Waals surface area contributed by atoms with E-state index in [1.54, 1.807) is 6.07 Å². The molecule has 15 heavy (non-hydrogen) atoms. The maximum Gasteiger partial charge on any atom is 0.195 e. The molecule has 0 bridgehead atoms. The summed E-state index contributed by atoms with van der Waals surface area (Å²) in [6, 6.07) is 5.43. The molecule has 0 saturated heterocycles. The van der Waals surface area contributed by atoms with Gasteiger partial charge in [0.25, 0.3) is 0 Å². The van der Waals surface area contributed by atoms with Crippen LogP contribution < -0.4 is 0 Å². The molecule has 0 atom stereocenters. The van der Waals surface area contributed by atoms with Crippen molar-refractivity contribution >= 4 is 32.8 Å². The van der Waals surface area contributed by atoms with Crippen LogP contribution in [0.25, 0.3) is 11.1 Å². The highest BCUT2D eigenvalue weighted by Crippen LogP contribution is 2.21. The number of ketones is 1. The van der Waals surface area contributed by atoms with E-state index < -0.39 is 0 Å². The number of Topliss-reactive ketones (excluding diaryl/α,β-unsaturated/α-hetero) is 1. The fourth-order valence-electron chi connectivity index (χ4n) is 1.44. The van der Waals surface area contributed by atoms with Crippen LogP contribution in [0.5, 0.6) is 0 Å². The van der Waals surface area contributed by atoms with E-state index in [1.807, 2.05) is 19.1 Å². The van der Waals surface area contributed by atoms with E-state index in [2.05, 4.69) is 20.9 Å². The van der Waals surface area contributed by atoms with Crippen LogP contribution >= 0.6 is 15.9 Å². The summed E-state index contributed by atoms with van der Waals surface area (Å²) in [4.78, 5) is 15.9. The van der Waals surface area contributed by atoms with Gasteiger partial charge in [0.05, 0.1) is 10.9 Å². The van der Waals surface area contributed by atoms with Crippen LogP contribution in [0.3, 0.4) is 0 Å². The predicted octanol–water partition coefficient (Wildman–Crippen LogP) is 2.97. The van der Waals surface area contributed by atoms with E-state index in [0.29, 0.717) is 22.4 Å². The summed E-state index contributed by atoms with van der Waals surface area (Å²) in [6.45, 7) is 1.97. The van der Waals surface area contributed by atoms with Gasteiger partial charge in [0.15, 0.2) is 17.3 Å². The number of benzene rings is 1. The molecule has 0 saturated carbocycles. The molecule has 0 fully saturated rings. The average molecular weight is 268 g/mol. The fourth-order valence-corrected chi connectivity index (χ4v) is 1.74. The molecule has 0 spiro atoms. The lowest BCUT2D eigenvalue weighted by atomic mass is 10.1. The molecular weight excluding hydrogens is 258 g/mol. The van der Waals surface area contributed by atoms with Crippen LogP contribution in [0.2, 0.25) is 0 Å². The molecule has 0 radical (unpaired) electrons. The van der Waals surface area contributed by atoms with Crippen molar-refractivity contribution in [1.29, 1.82) is 0 Å². The first-order chi connectivity index (χ1) is 7.26. The van der Waals surface area contributed by atoms with Gasteiger partial charge in [-0.15, -0.1) is 0 Å². The normalized spacial score (nSPS) is 10.8. The highest BCUT2D eigenvalue weighted by atomic mass is 79.9. The topological polar surface area (TPSA) is 43.1 Å². The minimum absolute atomic E-state index is 0.0133. The lowest BCUT2D eigenvalue weighted by Gasteiger charge is -1.96. The van der Waals surface area contributed by atoms with Crippen molar-refractivity contribution in [3.05, 3.63) is 29.7 Å². The van der Waals surface area contributed by atoms with Crippen LogP contribution in [0.4, 0.5) is 0 Å². The number of halogens is 1. The molecule has 78 valence electrons. The summed E-state index contributed by atoms with van der Waals surface area (Å²) < 4.78 is 5.52. The van der Waals surface area contributed by atoms with E-state index >= 15 is 0 Å². The highest BCUT2D eigenvalue weighted by molar-refractivity contribution is 9.09. The molecule has 4 heteroatoms. The van der Waals surface area contributed by atoms with Gasteiger partial charge in [0.1, 0.15) is 5.52 Å². The van der Waals surface area contributed by atoms with Crippen molar-refractivity contribution in [2.24, 2.45) is 0 Å². The summed E-state index contributed by atoms with van der Waals surface area (Å²) in [5.41, 5.74) is 1.94. The molecule has 0 unspecified atom stereocenters. The van der Waals surface area contributed by atoms with E-state index in [0.717, 1.165) is 11.9 Å². The van der Waals surface area contributed by atoms with Crippen molar-refractivity contribution in [1.82, 2.24) is 4.98 Å². The van der Waals surface area contributed by atoms with Gasteiger partial charge in [-0.1, -0.05) is 28.9 Å². The lowest BCUT2D eigenvalue weighted by Crippen LogP contribution is -1.99.